The lowest BCUT2D eigenvalue weighted by molar-refractivity contribution is 0.737. The Morgan fingerprint density at radius 2 is 1.27 bits per heavy atom. The summed E-state index contributed by atoms with van der Waals surface area (Å²) >= 11 is 0. The molecule has 0 radical (unpaired) electrons. The molecule has 0 amide bonds. The highest BCUT2D eigenvalue weighted by Crippen LogP contribution is 1.96. The van der Waals surface area contributed by atoms with Gasteiger partial charge in [-0.15, -0.1) is 11.8 Å². The molecule has 0 atom stereocenters. The fourth-order valence-corrected chi connectivity index (χ4v) is 1.02. The van der Waals surface area contributed by atoms with Gasteiger partial charge in [-0.1, -0.05) is 50.4 Å². The molecule has 0 fully saturated rings. The minimum absolute atomic E-state index is 0.686. The number of rotatable bonds is 3. The lowest BCUT2D eigenvalue weighted by atomic mass is 10.2. The smallest absolute Gasteiger partial charge is 0.0702 e. The largest absolute Gasteiger partial charge is 0.103 e. The summed E-state index contributed by atoms with van der Waals surface area (Å²) in [5, 5.41) is 0. The predicted molar refractivity (Wildman–Crippen MR) is 67.0 cm³/mol. The summed E-state index contributed by atoms with van der Waals surface area (Å²) in [7, 11) is 0. The summed E-state index contributed by atoms with van der Waals surface area (Å²) in [6.07, 6.45) is 7.08. The second kappa shape index (κ2) is 12.7. The SMILES string of the molecule is CCC#CCC#CCC#CCCCCC. The van der Waals surface area contributed by atoms with E-state index < -0.39 is 0 Å². The molecule has 0 heterocycles. The van der Waals surface area contributed by atoms with Crippen LogP contribution in [-0.4, -0.2) is 0 Å². The van der Waals surface area contributed by atoms with Crippen LogP contribution < -0.4 is 0 Å². The van der Waals surface area contributed by atoms with Gasteiger partial charge in [0.25, 0.3) is 0 Å². The van der Waals surface area contributed by atoms with Crippen molar-refractivity contribution in [2.75, 3.05) is 0 Å². The van der Waals surface area contributed by atoms with Crippen LogP contribution in [0.2, 0.25) is 0 Å². The van der Waals surface area contributed by atoms with Gasteiger partial charge in [0.05, 0.1) is 12.8 Å². The van der Waals surface area contributed by atoms with Gasteiger partial charge in [0, 0.05) is 12.8 Å². The Balaban J connectivity index is 3.42. The molecule has 15 heavy (non-hydrogen) atoms. The van der Waals surface area contributed by atoms with E-state index in [-0.39, 0.29) is 0 Å². The van der Waals surface area contributed by atoms with Crippen LogP contribution in [-0.2, 0) is 0 Å². The third-order valence-electron chi connectivity index (χ3n) is 1.81. The molecule has 0 aromatic carbocycles. The molecular weight excluding hydrogens is 180 g/mol. The summed E-state index contributed by atoms with van der Waals surface area (Å²) < 4.78 is 0. The van der Waals surface area contributed by atoms with Gasteiger partial charge in [0.1, 0.15) is 0 Å². The molecule has 0 aromatic heterocycles. The zero-order valence-corrected chi connectivity index (χ0v) is 9.95. The first-order valence-corrected chi connectivity index (χ1v) is 5.79. The molecule has 0 aliphatic rings. The predicted octanol–water partition coefficient (Wildman–Crippen LogP) is 3.77. The van der Waals surface area contributed by atoms with Gasteiger partial charge in [-0.05, 0) is 6.42 Å². The average Bonchev–Trinajstić information content (AvgIpc) is 2.26. The monoisotopic (exact) mass is 200 g/mol. The fourth-order valence-electron chi connectivity index (χ4n) is 1.02. The normalized spacial score (nSPS) is 7.60. The zero-order valence-electron chi connectivity index (χ0n) is 9.95. The molecular formula is C15H20. The first kappa shape index (κ1) is 13.7. The first-order chi connectivity index (χ1) is 7.41. The highest BCUT2D eigenvalue weighted by atomic mass is 13.8. The average molecular weight is 200 g/mol. The van der Waals surface area contributed by atoms with Gasteiger partial charge >= 0.3 is 0 Å². The van der Waals surface area contributed by atoms with E-state index in [1.807, 2.05) is 6.92 Å². The number of hydrogen-bond donors (Lipinski definition) is 0. The molecule has 0 rings (SSSR count). The summed E-state index contributed by atoms with van der Waals surface area (Å²) in [5.74, 6) is 18.2. The van der Waals surface area contributed by atoms with Crippen LogP contribution in [0.5, 0.6) is 0 Å². The lowest BCUT2D eigenvalue weighted by Crippen LogP contribution is -1.71. The Morgan fingerprint density at radius 3 is 1.87 bits per heavy atom. The molecule has 0 aliphatic heterocycles. The molecule has 0 N–H and O–H groups in total. The zero-order chi connectivity index (χ0) is 11.2. The van der Waals surface area contributed by atoms with Gasteiger partial charge < -0.3 is 0 Å². The Bertz CT molecular complexity index is 303. The van der Waals surface area contributed by atoms with E-state index in [0.29, 0.717) is 12.8 Å². The van der Waals surface area contributed by atoms with Gasteiger partial charge in [0.2, 0.25) is 0 Å². The maximum absolute atomic E-state index is 3.13. The van der Waals surface area contributed by atoms with E-state index in [9.17, 15) is 0 Å². The fraction of sp³-hybridized carbons (Fsp3) is 0.600. The summed E-state index contributed by atoms with van der Waals surface area (Å²) in [6, 6.07) is 0. The highest BCUT2D eigenvalue weighted by Gasteiger charge is 1.79. The number of unbranched alkanes of at least 4 members (excludes halogenated alkanes) is 3. The lowest BCUT2D eigenvalue weighted by Gasteiger charge is -1.87. The number of hydrogen-bond acceptors (Lipinski definition) is 0. The van der Waals surface area contributed by atoms with Crippen molar-refractivity contribution in [3.63, 3.8) is 0 Å². The third-order valence-corrected chi connectivity index (χ3v) is 1.81. The van der Waals surface area contributed by atoms with Crippen molar-refractivity contribution in [2.24, 2.45) is 0 Å². The molecule has 80 valence electrons. The molecule has 0 saturated heterocycles. The van der Waals surface area contributed by atoms with Gasteiger partial charge in [-0.2, -0.15) is 0 Å². The Labute approximate surface area is 94.8 Å². The van der Waals surface area contributed by atoms with Gasteiger partial charge in [-0.25, -0.2) is 0 Å². The summed E-state index contributed by atoms with van der Waals surface area (Å²) in [5.41, 5.74) is 0. The van der Waals surface area contributed by atoms with Crippen LogP contribution in [0.4, 0.5) is 0 Å². The van der Waals surface area contributed by atoms with Crippen molar-refractivity contribution in [1.29, 1.82) is 0 Å². The summed E-state index contributed by atoms with van der Waals surface area (Å²) in [6.45, 7) is 4.25. The van der Waals surface area contributed by atoms with Crippen LogP contribution >= 0.6 is 0 Å². The topological polar surface area (TPSA) is 0 Å². The maximum atomic E-state index is 3.13. The van der Waals surface area contributed by atoms with Crippen LogP contribution in [0.15, 0.2) is 0 Å². The Kier molecular flexibility index (Phi) is 11.6. The van der Waals surface area contributed by atoms with Crippen molar-refractivity contribution in [2.45, 2.75) is 58.8 Å². The van der Waals surface area contributed by atoms with Crippen LogP contribution in [0, 0.1) is 35.5 Å². The van der Waals surface area contributed by atoms with Crippen molar-refractivity contribution >= 4 is 0 Å². The molecule has 0 aromatic rings. The Hall–Kier alpha value is -1.32. The molecule has 0 nitrogen and oxygen atoms in total. The van der Waals surface area contributed by atoms with Crippen molar-refractivity contribution < 1.29 is 0 Å². The van der Waals surface area contributed by atoms with E-state index >= 15 is 0 Å². The standard InChI is InChI=1S/C15H20/c1-3-5-7-9-11-13-15-14-12-10-8-6-4-2/h3-5,7,9-10,15H2,1-2H3. The van der Waals surface area contributed by atoms with Crippen LogP contribution in [0.3, 0.4) is 0 Å². The van der Waals surface area contributed by atoms with E-state index in [4.69, 9.17) is 0 Å². The van der Waals surface area contributed by atoms with E-state index in [0.717, 1.165) is 12.8 Å². The van der Waals surface area contributed by atoms with Crippen LogP contribution in [0.1, 0.15) is 58.8 Å². The second-order valence-corrected chi connectivity index (χ2v) is 3.22. The van der Waals surface area contributed by atoms with Crippen LogP contribution in [0.25, 0.3) is 0 Å². The molecule has 0 unspecified atom stereocenters. The molecule has 0 spiro atoms. The first-order valence-electron chi connectivity index (χ1n) is 5.79. The molecule has 0 aliphatic carbocycles. The van der Waals surface area contributed by atoms with E-state index in [1.54, 1.807) is 0 Å². The highest BCUT2D eigenvalue weighted by molar-refractivity contribution is 5.15. The second-order valence-electron chi connectivity index (χ2n) is 3.22. The van der Waals surface area contributed by atoms with E-state index in [2.05, 4.69) is 42.4 Å². The van der Waals surface area contributed by atoms with Gasteiger partial charge in [0.15, 0.2) is 0 Å². The Morgan fingerprint density at radius 1 is 0.667 bits per heavy atom. The minimum Gasteiger partial charge on any atom is -0.103 e. The van der Waals surface area contributed by atoms with Gasteiger partial charge in [-0.3, -0.25) is 0 Å². The van der Waals surface area contributed by atoms with Crippen molar-refractivity contribution in [1.82, 2.24) is 0 Å². The van der Waals surface area contributed by atoms with E-state index in [1.165, 1.54) is 19.3 Å². The maximum Gasteiger partial charge on any atom is 0.0702 e. The molecule has 0 heteroatoms. The quantitative estimate of drug-likeness (QED) is 0.480. The minimum atomic E-state index is 0.686. The molecule has 0 saturated carbocycles. The van der Waals surface area contributed by atoms with Crippen molar-refractivity contribution in [3.8, 4) is 35.5 Å². The van der Waals surface area contributed by atoms with Crippen molar-refractivity contribution in [3.05, 3.63) is 0 Å². The summed E-state index contributed by atoms with van der Waals surface area (Å²) in [4.78, 5) is 0. The molecule has 0 bridgehead atoms. The third kappa shape index (κ3) is 12.7.